The minimum absolute atomic E-state index is 0.298. The Bertz CT molecular complexity index is 763. The summed E-state index contributed by atoms with van der Waals surface area (Å²) in [5.41, 5.74) is 6.77. The van der Waals surface area contributed by atoms with E-state index in [0.717, 1.165) is 22.1 Å². The highest BCUT2D eigenvalue weighted by Gasteiger charge is 2.14. The predicted molar refractivity (Wildman–Crippen MR) is 75.7 cm³/mol. The van der Waals surface area contributed by atoms with Crippen LogP contribution in [0.1, 0.15) is 15.5 Å². The Morgan fingerprint density at radius 2 is 2.20 bits per heavy atom. The molecule has 2 N–H and O–H groups in total. The Kier molecular flexibility index (Phi) is 3.03. The lowest BCUT2D eigenvalue weighted by Gasteiger charge is -2.03. The number of nitrogens with zero attached hydrogens (tertiary/aromatic N) is 4. The first-order valence-corrected chi connectivity index (χ1v) is 6.70. The largest absolute Gasteiger partial charge is 0.364 e. The molecule has 3 aromatic rings. The molecule has 0 atom stereocenters. The highest BCUT2D eigenvalue weighted by Crippen LogP contribution is 2.28. The molecule has 3 rings (SSSR count). The van der Waals surface area contributed by atoms with Crippen molar-refractivity contribution in [2.45, 2.75) is 6.92 Å². The Hall–Kier alpha value is -2.54. The van der Waals surface area contributed by atoms with Gasteiger partial charge in [-0.15, -0.1) is 11.3 Å². The van der Waals surface area contributed by atoms with E-state index < -0.39 is 5.91 Å². The number of thiazole rings is 1. The molecule has 0 aliphatic rings. The molecule has 3 aromatic heterocycles. The van der Waals surface area contributed by atoms with Crippen molar-refractivity contribution in [1.82, 2.24) is 19.5 Å². The molecule has 6 nitrogen and oxygen atoms in total. The minimum Gasteiger partial charge on any atom is -0.364 e. The zero-order valence-corrected chi connectivity index (χ0v) is 11.5. The second-order valence-electron chi connectivity index (χ2n) is 4.15. The van der Waals surface area contributed by atoms with Crippen molar-refractivity contribution in [1.29, 1.82) is 0 Å². The summed E-state index contributed by atoms with van der Waals surface area (Å²) in [5, 5.41) is 0.298. The topological polar surface area (TPSA) is 86.7 Å². The molecule has 0 saturated heterocycles. The summed E-state index contributed by atoms with van der Waals surface area (Å²) in [6.45, 7) is 1.84. The van der Waals surface area contributed by atoms with Gasteiger partial charge in [0.15, 0.2) is 5.01 Å². The van der Waals surface area contributed by atoms with Crippen molar-refractivity contribution in [3.63, 3.8) is 0 Å². The number of primary amides is 1. The van der Waals surface area contributed by atoms with Gasteiger partial charge in [0.1, 0.15) is 12.1 Å². The van der Waals surface area contributed by atoms with Crippen LogP contribution in [0.2, 0.25) is 0 Å². The van der Waals surface area contributed by atoms with Crippen LogP contribution < -0.4 is 5.73 Å². The van der Waals surface area contributed by atoms with E-state index in [-0.39, 0.29) is 0 Å². The standard InChI is InChI=1S/C13H11N5OS/c1-8-11(20-13(16-8)12(14)19)9-3-2-4-10(17-9)18-6-5-15-7-18/h2-7H,1H3,(H2,14,19). The average molecular weight is 285 g/mol. The Balaban J connectivity index is 2.07. The fraction of sp³-hybridized carbons (Fsp3) is 0.0769. The van der Waals surface area contributed by atoms with Crippen LogP contribution in [0.25, 0.3) is 16.4 Å². The number of hydrogen-bond acceptors (Lipinski definition) is 5. The maximum atomic E-state index is 11.2. The maximum absolute atomic E-state index is 11.2. The van der Waals surface area contributed by atoms with Crippen LogP contribution in [-0.4, -0.2) is 25.4 Å². The summed E-state index contributed by atoms with van der Waals surface area (Å²) < 4.78 is 1.81. The molecule has 20 heavy (non-hydrogen) atoms. The van der Waals surface area contributed by atoms with E-state index in [2.05, 4.69) is 15.0 Å². The average Bonchev–Trinajstić information content (AvgIpc) is 3.08. The Morgan fingerprint density at radius 3 is 2.85 bits per heavy atom. The number of aryl methyl sites for hydroxylation is 1. The van der Waals surface area contributed by atoms with Crippen LogP contribution in [0.5, 0.6) is 0 Å². The molecule has 1 amide bonds. The molecular formula is C13H11N5OS. The highest BCUT2D eigenvalue weighted by atomic mass is 32.1. The van der Waals surface area contributed by atoms with Crippen molar-refractivity contribution in [2.24, 2.45) is 5.73 Å². The number of nitrogens with two attached hydrogens (primary N) is 1. The number of carbonyl (C=O) groups is 1. The zero-order valence-electron chi connectivity index (χ0n) is 10.6. The number of aromatic nitrogens is 4. The third kappa shape index (κ3) is 2.19. The quantitative estimate of drug-likeness (QED) is 0.795. The number of pyridine rings is 1. The lowest BCUT2D eigenvalue weighted by Crippen LogP contribution is -2.10. The lowest BCUT2D eigenvalue weighted by molar-refractivity contribution is 0.1000. The van der Waals surface area contributed by atoms with Crippen LogP contribution in [0.3, 0.4) is 0 Å². The lowest BCUT2D eigenvalue weighted by atomic mass is 10.2. The normalized spacial score (nSPS) is 10.7. The molecule has 0 fully saturated rings. The summed E-state index contributed by atoms with van der Waals surface area (Å²) in [5.74, 6) is 0.239. The van der Waals surface area contributed by atoms with E-state index in [9.17, 15) is 4.79 Å². The fourth-order valence-corrected chi connectivity index (χ4v) is 2.72. The molecule has 0 spiro atoms. The monoisotopic (exact) mass is 285 g/mol. The summed E-state index contributed by atoms with van der Waals surface area (Å²) in [6.07, 6.45) is 5.19. The number of rotatable bonds is 3. The Morgan fingerprint density at radius 1 is 1.35 bits per heavy atom. The van der Waals surface area contributed by atoms with Gasteiger partial charge in [0, 0.05) is 12.4 Å². The number of imidazole rings is 1. The van der Waals surface area contributed by atoms with Gasteiger partial charge in [-0.1, -0.05) is 6.07 Å². The summed E-state index contributed by atoms with van der Waals surface area (Å²) in [4.78, 5) is 24.8. The SMILES string of the molecule is Cc1nc(C(N)=O)sc1-c1cccc(-n2ccnc2)n1. The van der Waals surface area contributed by atoms with Crippen LogP contribution in [0, 0.1) is 6.92 Å². The molecule has 7 heteroatoms. The molecule has 3 heterocycles. The first kappa shape index (κ1) is 12.5. The predicted octanol–water partition coefficient (Wildman–Crippen LogP) is 1.80. The first-order valence-electron chi connectivity index (χ1n) is 5.88. The second kappa shape index (κ2) is 4.86. The second-order valence-corrected chi connectivity index (χ2v) is 5.15. The highest BCUT2D eigenvalue weighted by molar-refractivity contribution is 7.17. The van der Waals surface area contributed by atoms with E-state index in [0.29, 0.717) is 5.01 Å². The Labute approximate surface area is 118 Å². The van der Waals surface area contributed by atoms with Gasteiger partial charge in [0.05, 0.1) is 16.3 Å². The van der Waals surface area contributed by atoms with Gasteiger partial charge >= 0.3 is 0 Å². The van der Waals surface area contributed by atoms with Crippen molar-refractivity contribution in [2.75, 3.05) is 0 Å². The molecular weight excluding hydrogens is 274 g/mol. The van der Waals surface area contributed by atoms with Gasteiger partial charge in [0.25, 0.3) is 5.91 Å². The summed E-state index contributed by atoms with van der Waals surface area (Å²) in [7, 11) is 0. The van der Waals surface area contributed by atoms with Gasteiger partial charge < -0.3 is 5.73 Å². The third-order valence-electron chi connectivity index (χ3n) is 2.74. The maximum Gasteiger partial charge on any atom is 0.277 e. The number of carbonyl (C=O) groups excluding carboxylic acids is 1. The van der Waals surface area contributed by atoms with Crippen molar-refractivity contribution in [3.8, 4) is 16.4 Å². The van der Waals surface area contributed by atoms with E-state index in [4.69, 9.17) is 5.73 Å². The van der Waals surface area contributed by atoms with Gasteiger partial charge in [-0.3, -0.25) is 9.36 Å². The summed E-state index contributed by atoms with van der Waals surface area (Å²) >= 11 is 1.25. The molecule has 0 unspecified atom stereocenters. The van der Waals surface area contributed by atoms with Crippen LogP contribution in [0.4, 0.5) is 0 Å². The smallest absolute Gasteiger partial charge is 0.277 e. The molecule has 0 bridgehead atoms. The summed E-state index contributed by atoms with van der Waals surface area (Å²) in [6, 6.07) is 5.67. The molecule has 0 saturated carbocycles. The van der Waals surface area contributed by atoms with Crippen LogP contribution >= 0.6 is 11.3 Å². The van der Waals surface area contributed by atoms with Crippen LogP contribution in [-0.2, 0) is 0 Å². The van der Waals surface area contributed by atoms with Gasteiger partial charge in [-0.25, -0.2) is 15.0 Å². The molecule has 0 aliphatic heterocycles. The van der Waals surface area contributed by atoms with E-state index in [1.54, 1.807) is 12.5 Å². The van der Waals surface area contributed by atoms with E-state index >= 15 is 0 Å². The van der Waals surface area contributed by atoms with Gasteiger partial charge in [-0.05, 0) is 19.1 Å². The van der Waals surface area contributed by atoms with E-state index in [1.807, 2.05) is 35.9 Å². The zero-order chi connectivity index (χ0) is 14.1. The minimum atomic E-state index is -0.518. The molecule has 0 radical (unpaired) electrons. The fourth-order valence-electron chi connectivity index (χ4n) is 1.83. The first-order chi connectivity index (χ1) is 9.65. The van der Waals surface area contributed by atoms with E-state index in [1.165, 1.54) is 11.3 Å². The van der Waals surface area contributed by atoms with Crippen molar-refractivity contribution >= 4 is 17.2 Å². The number of hydrogen-bond donors (Lipinski definition) is 1. The molecule has 100 valence electrons. The van der Waals surface area contributed by atoms with Crippen molar-refractivity contribution < 1.29 is 4.79 Å². The van der Waals surface area contributed by atoms with Gasteiger partial charge in [-0.2, -0.15) is 0 Å². The third-order valence-corrected chi connectivity index (χ3v) is 3.94. The van der Waals surface area contributed by atoms with Crippen molar-refractivity contribution in [3.05, 3.63) is 47.6 Å². The number of amides is 1. The van der Waals surface area contributed by atoms with Gasteiger partial charge in [0.2, 0.25) is 0 Å². The molecule has 0 aromatic carbocycles. The molecule has 0 aliphatic carbocycles. The van der Waals surface area contributed by atoms with Crippen LogP contribution in [0.15, 0.2) is 36.9 Å².